The maximum Gasteiger partial charge on any atom is 0.305 e. The van der Waals surface area contributed by atoms with Crippen molar-refractivity contribution in [2.75, 3.05) is 0 Å². The van der Waals surface area contributed by atoms with Crippen molar-refractivity contribution in [1.82, 2.24) is 10.4 Å². The van der Waals surface area contributed by atoms with Crippen molar-refractivity contribution in [3.05, 3.63) is 83.1 Å². The van der Waals surface area contributed by atoms with Crippen LogP contribution in [0.5, 0.6) is 0 Å². The summed E-state index contributed by atoms with van der Waals surface area (Å²) in [5, 5.41) is 1.93. The Morgan fingerprint density at radius 3 is 2.18 bits per heavy atom. The third-order valence-corrected chi connectivity index (χ3v) is 4.32. The number of carbonyl (C=O) groups excluding carboxylic acids is 2. The number of furan rings is 1. The lowest BCUT2D eigenvalue weighted by Crippen LogP contribution is -2.55. The lowest BCUT2D eigenvalue weighted by atomic mass is 10.1. The predicted molar refractivity (Wildman–Crippen MR) is 109 cm³/mol. The highest BCUT2D eigenvalue weighted by Gasteiger charge is 2.30. The van der Waals surface area contributed by atoms with Crippen molar-refractivity contribution in [3.8, 4) is 11.3 Å². The molecule has 3 rings (SSSR count). The van der Waals surface area contributed by atoms with E-state index in [0.717, 1.165) is 5.56 Å². The molecule has 5 nitrogen and oxygen atoms in total. The largest absolute Gasteiger partial charge is 0.451 e. The van der Waals surface area contributed by atoms with Gasteiger partial charge < -0.3 is 4.42 Å². The van der Waals surface area contributed by atoms with E-state index in [-0.39, 0.29) is 11.7 Å². The summed E-state index contributed by atoms with van der Waals surface area (Å²) in [5.74, 6) is -0.149. The highest BCUT2D eigenvalue weighted by molar-refractivity contribution is 6.30. The van der Waals surface area contributed by atoms with Crippen LogP contribution < -0.4 is 5.43 Å². The minimum atomic E-state index is -0.631. The zero-order valence-corrected chi connectivity index (χ0v) is 16.7. The predicted octanol–water partition coefficient (Wildman–Crippen LogP) is 5.19. The molecule has 3 aromatic rings. The fourth-order valence-corrected chi connectivity index (χ4v) is 2.74. The Bertz CT molecular complexity index is 973. The molecule has 2 aromatic carbocycles. The third kappa shape index (κ3) is 4.43. The Morgan fingerprint density at radius 2 is 1.57 bits per heavy atom. The standard InChI is InChI=1S/C22H21ClN2O3/c1-22(2,3)25(21(27)16-7-5-4-6-8-16)24-20(26)19-14-13-18(28-19)15-9-11-17(23)12-10-15/h4-14H,1-3H3,(H,24,26). The first-order valence-electron chi connectivity index (χ1n) is 8.82. The van der Waals surface area contributed by atoms with Crippen molar-refractivity contribution < 1.29 is 14.0 Å². The molecule has 1 aromatic heterocycles. The maximum atomic E-state index is 12.9. The van der Waals surface area contributed by atoms with E-state index in [2.05, 4.69) is 5.43 Å². The second kappa shape index (κ2) is 7.90. The minimum Gasteiger partial charge on any atom is -0.451 e. The van der Waals surface area contributed by atoms with Crippen molar-refractivity contribution >= 4 is 23.4 Å². The summed E-state index contributed by atoms with van der Waals surface area (Å²) in [6.45, 7) is 5.53. The summed E-state index contributed by atoms with van der Waals surface area (Å²) >= 11 is 5.90. The van der Waals surface area contributed by atoms with E-state index in [9.17, 15) is 9.59 Å². The van der Waals surface area contributed by atoms with Crippen LogP contribution in [0.4, 0.5) is 0 Å². The summed E-state index contributed by atoms with van der Waals surface area (Å²) in [7, 11) is 0. The number of nitrogens with zero attached hydrogens (tertiary/aromatic N) is 1. The number of nitrogens with one attached hydrogen (secondary N) is 1. The lowest BCUT2D eigenvalue weighted by Gasteiger charge is -2.35. The number of hydrazine groups is 1. The van der Waals surface area contributed by atoms with E-state index in [4.69, 9.17) is 16.0 Å². The van der Waals surface area contributed by atoms with Crippen LogP contribution in [0.15, 0.2) is 71.1 Å². The Morgan fingerprint density at radius 1 is 0.929 bits per heavy atom. The van der Waals surface area contributed by atoms with Gasteiger partial charge >= 0.3 is 5.91 Å². The van der Waals surface area contributed by atoms with Crippen LogP contribution in [-0.4, -0.2) is 22.4 Å². The van der Waals surface area contributed by atoms with Gasteiger partial charge in [0.2, 0.25) is 0 Å². The molecule has 144 valence electrons. The number of halogens is 1. The van der Waals surface area contributed by atoms with Crippen LogP contribution in [0.1, 0.15) is 41.7 Å². The van der Waals surface area contributed by atoms with Crippen LogP contribution in [0.25, 0.3) is 11.3 Å². The molecule has 0 saturated heterocycles. The second-order valence-electron chi connectivity index (χ2n) is 7.29. The van der Waals surface area contributed by atoms with Crippen LogP contribution >= 0.6 is 11.6 Å². The quantitative estimate of drug-likeness (QED) is 0.620. The molecule has 0 fully saturated rings. The van der Waals surface area contributed by atoms with Gasteiger partial charge in [-0.3, -0.25) is 15.0 Å². The number of amides is 2. The number of hydrogen-bond acceptors (Lipinski definition) is 3. The van der Waals surface area contributed by atoms with Crippen molar-refractivity contribution in [2.45, 2.75) is 26.3 Å². The van der Waals surface area contributed by atoms with E-state index < -0.39 is 11.4 Å². The number of rotatable bonds is 3. The Hall–Kier alpha value is -3.05. The Kier molecular flexibility index (Phi) is 5.56. The summed E-state index contributed by atoms with van der Waals surface area (Å²) in [6, 6.07) is 19.2. The molecule has 0 saturated carbocycles. The van der Waals surface area contributed by atoms with E-state index >= 15 is 0 Å². The maximum absolute atomic E-state index is 12.9. The van der Waals surface area contributed by atoms with E-state index in [1.54, 1.807) is 48.5 Å². The van der Waals surface area contributed by atoms with Crippen molar-refractivity contribution in [3.63, 3.8) is 0 Å². The molecule has 2 amide bonds. The molecule has 0 aliphatic rings. The molecular formula is C22H21ClN2O3. The molecule has 28 heavy (non-hydrogen) atoms. The van der Waals surface area contributed by atoms with Gasteiger partial charge in [0.25, 0.3) is 5.91 Å². The third-order valence-electron chi connectivity index (χ3n) is 4.07. The fraction of sp³-hybridized carbons (Fsp3) is 0.182. The summed E-state index contributed by atoms with van der Waals surface area (Å²) in [6.07, 6.45) is 0. The Balaban J connectivity index is 1.81. The first-order valence-corrected chi connectivity index (χ1v) is 9.20. The second-order valence-corrected chi connectivity index (χ2v) is 7.73. The fourth-order valence-electron chi connectivity index (χ4n) is 2.62. The molecule has 0 unspecified atom stereocenters. The lowest BCUT2D eigenvalue weighted by molar-refractivity contribution is 0.0349. The van der Waals surface area contributed by atoms with Crippen LogP contribution in [0, 0.1) is 0 Å². The first kappa shape index (κ1) is 19.7. The van der Waals surface area contributed by atoms with Gasteiger partial charge in [0.1, 0.15) is 5.76 Å². The molecule has 0 aliphatic carbocycles. The molecule has 1 N–H and O–H groups in total. The first-order chi connectivity index (χ1) is 13.3. The smallest absolute Gasteiger partial charge is 0.305 e. The van der Waals surface area contributed by atoms with Gasteiger partial charge in [-0.05, 0) is 69.3 Å². The van der Waals surface area contributed by atoms with Crippen LogP contribution in [0.2, 0.25) is 5.02 Å². The zero-order valence-electron chi connectivity index (χ0n) is 15.9. The van der Waals surface area contributed by atoms with Gasteiger partial charge in [0.05, 0.1) is 5.54 Å². The van der Waals surface area contributed by atoms with Gasteiger partial charge in [-0.15, -0.1) is 0 Å². The van der Waals surface area contributed by atoms with Gasteiger partial charge in [0.15, 0.2) is 5.76 Å². The van der Waals surface area contributed by atoms with Gasteiger partial charge in [-0.2, -0.15) is 0 Å². The minimum absolute atomic E-state index is 0.111. The van der Waals surface area contributed by atoms with Gasteiger partial charge in [-0.1, -0.05) is 29.8 Å². The van der Waals surface area contributed by atoms with E-state index in [0.29, 0.717) is 16.3 Å². The molecule has 0 bridgehead atoms. The summed E-state index contributed by atoms with van der Waals surface area (Å²) in [5.41, 5.74) is 3.33. The van der Waals surface area contributed by atoms with Crippen molar-refractivity contribution in [2.24, 2.45) is 0 Å². The van der Waals surface area contributed by atoms with Crippen LogP contribution in [0.3, 0.4) is 0 Å². The number of hydrogen-bond donors (Lipinski definition) is 1. The molecule has 0 radical (unpaired) electrons. The molecular weight excluding hydrogens is 376 g/mol. The average Bonchev–Trinajstić information content (AvgIpc) is 3.16. The topological polar surface area (TPSA) is 62.6 Å². The van der Waals surface area contributed by atoms with Crippen molar-refractivity contribution in [1.29, 1.82) is 0 Å². The average molecular weight is 397 g/mol. The zero-order chi connectivity index (χ0) is 20.3. The molecule has 0 atom stereocenters. The molecule has 1 heterocycles. The molecule has 0 aliphatic heterocycles. The number of benzene rings is 2. The van der Waals surface area contributed by atoms with Crippen LogP contribution in [-0.2, 0) is 0 Å². The SMILES string of the molecule is CC(C)(C)N(NC(=O)c1ccc(-c2ccc(Cl)cc2)o1)C(=O)c1ccccc1. The number of carbonyl (C=O) groups is 2. The summed E-state index contributed by atoms with van der Waals surface area (Å²) in [4.78, 5) is 25.6. The molecule has 6 heteroatoms. The normalized spacial score (nSPS) is 11.1. The van der Waals surface area contributed by atoms with Gasteiger partial charge in [-0.25, -0.2) is 5.01 Å². The molecule has 0 spiro atoms. The van der Waals surface area contributed by atoms with E-state index in [1.165, 1.54) is 5.01 Å². The highest BCUT2D eigenvalue weighted by atomic mass is 35.5. The summed E-state index contributed by atoms with van der Waals surface area (Å²) < 4.78 is 5.68. The van der Waals surface area contributed by atoms with E-state index in [1.807, 2.05) is 39.0 Å². The Labute approximate surface area is 168 Å². The highest BCUT2D eigenvalue weighted by Crippen LogP contribution is 2.24. The van der Waals surface area contributed by atoms with Gasteiger partial charge in [0, 0.05) is 16.1 Å². The monoisotopic (exact) mass is 396 g/mol.